The standard InChI is InChI=1S/C3H7.H2N.Sn/c1-3-2;;/h3H,1-2H3;1H2;/q;-1;+1. The van der Waals surface area contributed by atoms with Crippen LogP contribution in [-0.2, 0) is 0 Å². The van der Waals surface area contributed by atoms with Crippen LogP contribution in [0.2, 0.25) is 3.93 Å². The molecule has 1 nitrogen and oxygen atoms in total. The summed E-state index contributed by atoms with van der Waals surface area (Å²) in [7, 11) is 0. The zero-order valence-electron chi connectivity index (χ0n) is 3.65. The molecule has 0 saturated heterocycles. The third kappa shape index (κ3) is 4.76. The van der Waals surface area contributed by atoms with Gasteiger partial charge >= 0.3 is 43.2 Å². The van der Waals surface area contributed by atoms with Gasteiger partial charge in [0.2, 0.25) is 0 Å². The fraction of sp³-hybridized carbons (Fsp3) is 1.00. The van der Waals surface area contributed by atoms with E-state index in [0.29, 0.717) is 0 Å². The van der Waals surface area contributed by atoms with Crippen molar-refractivity contribution in [2.75, 3.05) is 0 Å². The van der Waals surface area contributed by atoms with Crippen molar-refractivity contribution in [2.45, 2.75) is 17.8 Å². The fourth-order valence-corrected chi connectivity index (χ4v) is 0. The molecule has 2 heteroatoms. The normalized spacial score (nSPS) is 9.60. The van der Waals surface area contributed by atoms with Crippen molar-refractivity contribution in [3.05, 3.63) is 0 Å². The van der Waals surface area contributed by atoms with Crippen molar-refractivity contribution < 1.29 is 0 Å². The minimum atomic E-state index is -0.366. The van der Waals surface area contributed by atoms with Gasteiger partial charge in [-0.2, -0.15) is 0 Å². The van der Waals surface area contributed by atoms with E-state index in [1.54, 1.807) is 0 Å². The Morgan fingerprint density at radius 2 is 1.80 bits per heavy atom. The SMILES string of the molecule is C[CH](C)[Sn][NH2]. The van der Waals surface area contributed by atoms with Gasteiger partial charge in [0.1, 0.15) is 0 Å². The van der Waals surface area contributed by atoms with E-state index in [1.807, 2.05) is 0 Å². The maximum atomic E-state index is 5.34. The maximum absolute atomic E-state index is 5.34. The molecule has 5 heavy (non-hydrogen) atoms. The molecule has 0 bridgehead atoms. The molecule has 0 aliphatic rings. The Morgan fingerprint density at radius 1 is 1.60 bits per heavy atom. The van der Waals surface area contributed by atoms with Crippen LogP contribution >= 0.6 is 0 Å². The van der Waals surface area contributed by atoms with Crippen LogP contribution in [0.3, 0.4) is 0 Å². The van der Waals surface area contributed by atoms with Gasteiger partial charge in [-0.15, -0.1) is 0 Å². The van der Waals surface area contributed by atoms with Gasteiger partial charge in [0, 0.05) is 0 Å². The Hall–Kier alpha value is 0.759. The summed E-state index contributed by atoms with van der Waals surface area (Å²) in [5.41, 5.74) is 0. The number of nitrogens with two attached hydrogens (primary N) is 1. The summed E-state index contributed by atoms with van der Waals surface area (Å²) in [4.78, 5) is 0. The van der Waals surface area contributed by atoms with E-state index in [4.69, 9.17) is 3.96 Å². The third-order valence-corrected chi connectivity index (χ3v) is 2.24. The quantitative estimate of drug-likeness (QED) is 0.577. The van der Waals surface area contributed by atoms with Gasteiger partial charge in [-0.05, 0) is 0 Å². The Bertz CT molecular complexity index is 20.9. The molecule has 0 aromatic carbocycles. The van der Waals surface area contributed by atoms with E-state index in [2.05, 4.69) is 13.8 Å². The monoisotopic (exact) mass is 179 g/mol. The van der Waals surface area contributed by atoms with Gasteiger partial charge in [0.15, 0.2) is 0 Å². The van der Waals surface area contributed by atoms with Crippen molar-refractivity contribution in [1.82, 2.24) is 0 Å². The minimum absolute atomic E-state index is 0.366. The summed E-state index contributed by atoms with van der Waals surface area (Å²) >= 11 is -0.366. The second-order valence-corrected chi connectivity index (χ2v) is 5.57. The van der Waals surface area contributed by atoms with Crippen LogP contribution in [-0.4, -0.2) is 21.4 Å². The topological polar surface area (TPSA) is 26.0 Å². The van der Waals surface area contributed by atoms with Gasteiger partial charge in [-0.25, -0.2) is 0 Å². The molecule has 0 fully saturated rings. The summed E-state index contributed by atoms with van der Waals surface area (Å²) in [6.45, 7) is 4.35. The molecule has 0 spiro atoms. The van der Waals surface area contributed by atoms with E-state index >= 15 is 0 Å². The summed E-state index contributed by atoms with van der Waals surface area (Å²) in [6, 6.07) is 0. The molecule has 0 heterocycles. The van der Waals surface area contributed by atoms with Crippen LogP contribution < -0.4 is 3.96 Å². The molecular formula is C3H9NSn. The molecule has 0 rings (SSSR count). The van der Waals surface area contributed by atoms with Gasteiger partial charge in [0.05, 0.1) is 0 Å². The molecule has 0 aromatic rings. The van der Waals surface area contributed by atoms with E-state index in [9.17, 15) is 0 Å². The molecule has 30 valence electrons. The second kappa shape index (κ2) is 2.97. The summed E-state index contributed by atoms with van der Waals surface area (Å²) in [6.07, 6.45) is 0. The number of hydrogen-bond donors (Lipinski definition) is 1. The Morgan fingerprint density at radius 3 is 1.80 bits per heavy atom. The Balaban J connectivity index is 2.54. The van der Waals surface area contributed by atoms with Gasteiger partial charge in [0.25, 0.3) is 0 Å². The number of hydrogen-bond acceptors (Lipinski definition) is 1. The third-order valence-electron chi connectivity index (χ3n) is 0.333. The first-order valence-corrected chi connectivity index (χ1v) is 5.03. The van der Waals surface area contributed by atoms with Crippen LogP contribution in [0.4, 0.5) is 0 Å². The Labute approximate surface area is 43.5 Å². The average Bonchev–Trinajstić information content (AvgIpc) is 1.38. The molecule has 0 amide bonds. The molecule has 0 atom stereocenters. The first kappa shape index (κ1) is 5.76. The first-order chi connectivity index (χ1) is 2.27. The average molecular weight is 178 g/mol. The fourth-order valence-electron chi connectivity index (χ4n) is 0. The van der Waals surface area contributed by atoms with Crippen molar-refractivity contribution >= 4 is 21.4 Å². The molecule has 0 unspecified atom stereocenters. The van der Waals surface area contributed by atoms with Gasteiger partial charge in [-0.1, -0.05) is 0 Å². The van der Waals surface area contributed by atoms with Crippen molar-refractivity contribution in [3.63, 3.8) is 0 Å². The number of rotatable bonds is 1. The predicted molar refractivity (Wildman–Crippen MR) is 25.0 cm³/mol. The van der Waals surface area contributed by atoms with E-state index < -0.39 is 0 Å². The van der Waals surface area contributed by atoms with Crippen molar-refractivity contribution in [1.29, 1.82) is 0 Å². The van der Waals surface area contributed by atoms with Crippen LogP contribution in [0.1, 0.15) is 13.8 Å². The van der Waals surface area contributed by atoms with Gasteiger partial charge < -0.3 is 0 Å². The first-order valence-electron chi connectivity index (χ1n) is 1.73. The van der Waals surface area contributed by atoms with Crippen LogP contribution in [0.15, 0.2) is 0 Å². The zero-order valence-corrected chi connectivity index (χ0v) is 6.51. The van der Waals surface area contributed by atoms with Crippen LogP contribution in [0.25, 0.3) is 0 Å². The molecule has 2 radical (unpaired) electrons. The van der Waals surface area contributed by atoms with E-state index in [-0.39, 0.29) is 21.4 Å². The van der Waals surface area contributed by atoms with E-state index in [1.165, 1.54) is 0 Å². The molecule has 2 N–H and O–H groups in total. The van der Waals surface area contributed by atoms with E-state index in [0.717, 1.165) is 3.93 Å². The van der Waals surface area contributed by atoms with Crippen LogP contribution in [0, 0.1) is 0 Å². The summed E-state index contributed by atoms with van der Waals surface area (Å²) in [5.74, 6) is 0. The predicted octanol–water partition coefficient (Wildman–Crippen LogP) is 0.393. The molecule has 0 aliphatic heterocycles. The second-order valence-electron chi connectivity index (χ2n) is 1.32. The molecule has 0 aromatic heterocycles. The summed E-state index contributed by atoms with van der Waals surface area (Å²) < 4.78 is 6.17. The summed E-state index contributed by atoms with van der Waals surface area (Å²) in [5, 5.41) is 0. The molecular weight excluding hydrogens is 169 g/mol. The Kier molecular flexibility index (Phi) is 3.42. The van der Waals surface area contributed by atoms with Crippen molar-refractivity contribution in [3.8, 4) is 0 Å². The van der Waals surface area contributed by atoms with Crippen molar-refractivity contribution in [2.24, 2.45) is 3.96 Å². The molecule has 0 aliphatic carbocycles. The zero-order chi connectivity index (χ0) is 4.28. The molecule has 0 saturated carbocycles. The van der Waals surface area contributed by atoms with Crippen LogP contribution in [0.5, 0.6) is 0 Å². The van der Waals surface area contributed by atoms with Gasteiger partial charge in [-0.3, -0.25) is 0 Å².